The number of rotatable bonds is 13. The molecule has 0 aliphatic carbocycles. The molecule has 2 bridgehead atoms. The molecule has 7 atom stereocenters. The number of carbonyl (C=O) groups is 3. The number of benzene rings is 2. The molecule has 1 N–H and O–H groups in total. The van der Waals surface area contributed by atoms with Gasteiger partial charge in [0.1, 0.15) is 6.04 Å². The van der Waals surface area contributed by atoms with E-state index in [1.54, 1.807) is 38.6 Å². The Morgan fingerprint density at radius 1 is 1.05 bits per heavy atom. The molecule has 0 radical (unpaired) electrons. The predicted molar refractivity (Wildman–Crippen MR) is 179 cm³/mol. The molecular formula is C35H42BrN3O4S. The monoisotopic (exact) mass is 679 g/mol. The first kappa shape index (κ1) is 32.5. The molecule has 7 nitrogen and oxygen atoms in total. The van der Waals surface area contributed by atoms with Crippen molar-refractivity contribution in [2.75, 3.05) is 19.7 Å². The maximum atomic E-state index is 14.8. The van der Waals surface area contributed by atoms with E-state index in [0.29, 0.717) is 32.5 Å². The Morgan fingerprint density at radius 2 is 1.66 bits per heavy atom. The highest BCUT2D eigenvalue weighted by molar-refractivity contribution is 9.09. The Balaban J connectivity index is 1.58. The van der Waals surface area contributed by atoms with Crippen molar-refractivity contribution in [3.8, 4) is 0 Å². The summed E-state index contributed by atoms with van der Waals surface area (Å²) in [7, 11) is 0. The lowest BCUT2D eigenvalue weighted by atomic mass is 9.70. The fraction of sp³-hybridized carbons (Fsp3) is 0.457. The second kappa shape index (κ2) is 13.6. The van der Waals surface area contributed by atoms with Crippen LogP contribution in [-0.2, 0) is 27.3 Å². The average Bonchev–Trinajstić information content (AvgIpc) is 3.62. The molecule has 3 heterocycles. The molecule has 234 valence electrons. The fourth-order valence-electron chi connectivity index (χ4n) is 7.41. The summed E-state index contributed by atoms with van der Waals surface area (Å²) in [6, 6.07) is 18.0. The molecule has 3 amide bonds. The average molecular weight is 681 g/mol. The van der Waals surface area contributed by atoms with Crippen molar-refractivity contribution in [2.24, 2.45) is 11.8 Å². The van der Waals surface area contributed by atoms with Gasteiger partial charge in [-0.2, -0.15) is 0 Å². The van der Waals surface area contributed by atoms with Gasteiger partial charge in [0.2, 0.25) is 17.7 Å². The summed E-state index contributed by atoms with van der Waals surface area (Å²) in [4.78, 5) is 49.1. The topological polar surface area (TPSA) is 81.2 Å². The number of carbonyl (C=O) groups excluding carboxylic acids is 3. The molecule has 1 spiro atoms. The van der Waals surface area contributed by atoms with Crippen LogP contribution in [0.1, 0.15) is 31.4 Å². The van der Waals surface area contributed by atoms with E-state index in [0.717, 1.165) is 11.1 Å². The molecule has 0 saturated carbocycles. The van der Waals surface area contributed by atoms with Crippen molar-refractivity contribution >= 4 is 45.4 Å². The highest BCUT2D eigenvalue weighted by atomic mass is 79.9. The first-order valence-corrected chi connectivity index (χ1v) is 17.1. The Morgan fingerprint density at radius 3 is 2.23 bits per heavy atom. The molecule has 3 aliphatic rings. The number of aliphatic hydroxyl groups is 1. The number of likely N-dealkylation sites (tertiary alicyclic amines) is 1. The summed E-state index contributed by atoms with van der Waals surface area (Å²) >= 11 is 5.50. The highest BCUT2D eigenvalue weighted by Gasteiger charge is 2.76. The molecule has 5 rings (SSSR count). The molecule has 2 aromatic carbocycles. The van der Waals surface area contributed by atoms with Gasteiger partial charge in [0.05, 0.1) is 29.2 Å². The van der Waals surface area contributed by atoms with Gasteiger partial charge < -0.3 is 19.8 Å². The quantitative estimate of drug-likeness (QED) is 0.246. The van der Waals surface area contributed by atoms with Gasteiger partial charge in [-0.3, -0.25) is 14.4 Å². The van der Waals surface area contributed by atoms with E-state index in [2.05, 4.69) is 29.1 Å². The minimum atomic E-state index is -0.821. The van der Waals surface area contributed by atoms with Gasteiger partial charge in [0.15, 0.2) is 0 Å². The van der Waals surface area contributed by atoms with Gasteiger partial charge in [0.25, 0.3) is 0 Å². The van der Waals surface area contributed by atoms with Crippen LogP contribution >= 0.6 is 27.7 Å². The summed E-state index contributed by atoms with van der Waals surface area (Å²) in [6.45, 7) is 12.5. The van der Waals surface area contributed by atoms with Crippen LogP contribution < -0.4 is 0 Å². The van der Waals surface area contributed by atoms with E-state index in [1.807, 2.05) is 74.5 Å². The van der Waals surface area contributed by atoms with Gasteiger partial charge >= 0.3 is 0 Å². The van der Waals surface area contributed by atoms with E-state index in [1.165, 1.54) is 0 Å². The van der Waals surface area contributed by atoms with Crippen molar-refractivity contribution in [2.45, 2.75) is 66.2 Å². The van der Waals surface area contributed by atoms with Gasteiger partial charge in [-0.15, -0.1) is 24.9 Å². The van der Waals surface area contributed by atoms with Crippen molar-refractivity contribution in [3.05, 3.63) is 97.1 Å². The molecule has 3 fully saturated rings. The smallest absolute Gasteiger partial charge is 0.247 e. The number of nitrogens with zero attached hydrogens (tertiary/aromatic N) is 3. The lowest BCUT2D eigenvalue weighted by Gasteiger charge is -2.41. The third-order valence-electron chi connectivity index (χ3n) is 9.27. The fourth-order valence-corrected chi connectivity index (χ4v) is 11.0. The van der Waals surface area contributed by atoms with Crippen LogP contribution in [0.25, 0.3) is 0 Å². The van der Waals surface area contributed by atoms with E-state index >= 15 is 0 Å². The van der Waals surface area contributed by atoms with Gasteiger partial charge in [-0.1, -0.05) is 88.7 Å². The lowest BCUT2D eigenvalue weighted by molar-refractivity contribution is -0.147. The van der Waals surface area contributed by atoms with Gasteiger partial charge in [0, 0.05) is 35.8 Å². The molecule has 0 aromatic heterocycles. The summed E-state index contributed by atoms with van der Waals surface area (Å²) < 4.78 is -0.807. The number of fused-ring (bicyclic) bond motifs is 1. The zero-order valence-electron chi connectivity index (χ0n) is 25.4. The maximum absolute atomic E-state index is 14.8. The first-order chi connectivity index (χ1) is 21.2. The Hall–Kier alpha value is -2.88. The van der Waals surface area contributed by atoms with Crippen LogP contribution in [-0.4, -0.2) is 90.2 Å². The number of hydrogen-bond acceptors (Lipinski definition) is 5. The number of thioether (sulfide) groups is 1. The molecule has 3 saturated heterocycles. The highest BCUT2D eigenvalue weighted by Crippen LogP contribution is 2.68. The zero-order chi connectivity index (χ0) is 31.6. The molecule has 3 aliphatic heterocycles. The van der Waals surface area contributed by atoms with E-state index in [9.17, 15) is 19.5 Å². The Labute approximate surface area is 273 Å². The van der Waals surface area contributed by atoms with E-state index in [4.69, 9.17) is 0 Å². The van der Waals surface area contributed by atoms with Gasteiger partial charge in [-0.05, 0) is 37.8 Å². The van der Waals surface area contributed by atoms with Crippen LogP contribution in [0.4, 0.5) is 0 Å². The third kappa shape index (κ3) is 5.79. The summed E-state index contributed by atoms with van der Waals surface area (Å²) in [5.41, 5.74) is 1.96. The summed E-state index contributed by atoms with van der Waals surface area (Å²) in [5.74, 6) is -1.77. The van der Waals surface area contributed by atoms with Crippen LogP contribution in [0.3, 0.4) is 0 Å². The number of halogens is 1. The van der Waals surface area contributed by atoms with Crippen LogP contribution in [0, 0.1) is 11.8 Å². The molecule has 9 heteroatoms. The minimum Gasteiger partial charge on any atom is -0.394 e. The normalized spacial score (nSPS) is 27.7. The largest absolute Gasteiger partial charge is 0.394 e. The number of alkyl halides is 1. The minimum absolute atomic E-state index is 0.0448. The zero-order valence-corrected chi connectivity index (χ0v) is 27.8. The molecule has 44 heavy (non-hydrogen) atoms. The standard InChI is InChI=1S/C35H42BrN3O4S/c1-5-17-37(21-25-15-11-8-12-16-25)32(41)28-29-33(42)39(26(22-40)19-24-13-9-7-10-14-24)31(34(43)38(18-6-2)23(3)4)35(29)20-27(36)30(28)44-35/h5-16,23,26-31,40H,1-2,17-22H2,3-4H3/t26-,27?,28+,29+,30+,31?,35?/m1/s1. The second-order valence-corrected chi connectivity index (χ2v) is 15.0. The number of aliphatic hydroxyl groups excluding tert-OH is 1. The van der Waals surface area contributed by atoms with E-state index < -0.39 is 28.7 Å². The molecule has 2 aromatic rings. The van der Waals surface area contributed by atoms with Crippen molar-refractivity contribution in [1.29, 1.82) is 0 Å². The van der Waals surface area contributed by atoms with Crippen LogP contribution in [0.5, 0.6) is 0 Å². The Kier molecular flexibility index (Phi) is 10.1. The SMILES string of the molecule is C=CCN(Cc1ccccc1)C(=O)[C@H]1[C@H]2C(=O)N([C@@H](CO)Cc3ccccc3)C(C(=O)N(CC=C)C(C)C)C23CC(Br)[C@@H]1S3. The molecular weight excluding hydrogens is 638 g/mol. The van der Waals surface area contributed by atoms with Crippen LogP contribution in [0.15, 0.2) is 86.0 Å². The van der Waals surface area contributed by atoms with Crippen LogP contribution in [0.2, 0.25) is 0 Å². The van der Waals surface area contributed by atoms with Crippen molar-refractivity contribution in [3.63, 3.8) is 0 Å². The Bertz CT molecular complexity index is 1370. The summed E-state index contributed by atoms with van der Waals surface area (Å²) in [5, 5.41) is 10.6. The molecule has 3 unspecified atom stereocenters. The van der Waals surface area contributed by atoms with E-state index in [-0.39, 0.29) is 40.4 Å². The number of hydrogen-bond donors (Lipinski definition) is 1. The van der Waals surface area contributed by atoms with Crippen molar-refractivity contribution in [1.82, 2.24) is 14.7 Å². The lowest BCUT2D eigenvalue weighted by Crippen LogP contribution is -2.59. The van der Waals surface area contributed by atoms with Crippen molar-refractivity contribution < 1.29 is 19.5 Å². The predicted octanol–water partition coefficient (Wildman–Crippen LogP) is 4.69. The third-order valence-corrected chi connectivity index (χ3v) is 12.5. The first-order valence-electron chi connectivity index (χ1n) is 15.3. The summed E-state index contributed by atoms with van der Waals surface area (Å²) in [6.07, 6.45) is 4.41. The second-order valence-electron chi connectivity index (χ2n) is 12.3. The maximum Gasteiger partial charge on any atom is 0.247 e. The van der Waals surface area contributed by atoms with Gasteiger partial charge in [-0.25, -0.2) is 0 Å². The number of amides is 3.